The van der Waals surface area contributed by atoms with Gasteiger partial charge in [0.1, 0.15) is 12.4 Å². The van der Waals surface area contributed by atoms with E-state index in [1.165, 1.54) is 0 Å². The molecule has 0 unspecified atom stereocenters. The minimum atomic E-state index is -0.417. The predicted molar refractivity (Wildman–Crippen MR) is 141 cm³/mol. The fourth-order valence-corrected chi connectivity index (χ4v) is 3.51. The number of rotatable bonds is 11. The third-order valence-electron chi connectivity index (χ3n) is 5.01. The fraction of sp³-hybridized carbons (Fsp3) is 0.222. The van der Waals surface area contributed by atoms with Crippen molar-refractivity contribution in [3.05, 3.63) is 95.6 Å². The Kier molecular flexibility index (Phi) is 10.2. The molecule has 0 spiro atoms. The lowest BCUT2D eigenvalue weighted by molar-refractivity contribution is 0.0950. The molecule has 2 amide bonds. The van der Waals surface area contributed by atoms with Crippen LogP contribution in [0.4, 0.5) is 5.69 Å². The summed E-state index contributed by atoms with van der Waals surface area (Å²) in [5.41, 5.74) is 2.42. The highest BCUT2D eigenvalue weighted by Gasteiger charge is 2.16. The highest BCUT2D eigenvalue weighted by atomic mass is 32.1. The Bertz CT molecular complexity index is 1140. The molecule has 0 radical (unpaired) electrons. The van der Waals surface area contributed by atoms with Crippen LogP contribution in [0.25, 0.3) is 0 Å². The molecule has 3 aromatic rings. The number of para-hydroxylation sites is 2. The summed E-state index contributed by atoms with van der Waals surface area (Å²) in [6, 6.07) is 23.8. The fourth-order valence-electron chi connectivity index (χ4n) is 3.31. The second-order valence-electron chi connectivity index (χ2n) is 7.49. The zero-order valence-electron chi connectivity index (χ0n) is 19.6. The van der Waals surface area contributed by atoms with E-state index >= 15 is 0 Å². The van der Waals surface area contributed by atoms with Gasteiger partial charge in [-0.05, 0) is 55.4 Å². The summed E-state index contributed by atoms with van der Waals surface area (Å²) < 4.78 is 11.0. The third-order valence-corrected chi connectivity index (χ3v) is 5.21. The Morgan fingerprint density at radius 2 is 1.51 bits per heavy atom. The molecular weight excluding hydrogens is 462 g/mol. The number of carbonyl (C=O) groups is 2. The Hall–Kier alpha value is -3.75. The number of thiocarbonyl (C=S) groups is 1. The number of hydrogen-bond donors (Lipinski definition) is 3. The van der Waals surface area contributed by atoms with E-state index in [9.17, 15) is 9.59 Å². The largest absolute Gasteiger partial charge is 0.490 e. The van der Waals surface area contributed by atoms with Gasteiger partial charge >= 0.3 is 0 Å². The molecule has 3 N–H and O–H groups in total. The van der Waals surface area contributed by atoms with Crippen molar-refractivity contribution in [2.24, 2.45) is 0 Å². The average Bonchev–Trinajstić information content (AvgIpc) is 2.87. The van der Waals surface area contributed by atoms with Gasteiger partial charge in [0.05, 0.1) is 23.4 Å². The van der Waals surface area contributed by atoms with Crippen molar-refractivity contribution in [2.45, 2.75) is 13.3 Å². The molecule has 0 aromatic heterocycles. The SMILES string of the molecule is CCOCCOc1ccccc1C(=O)NC(=S)Nc1ccccc1C(=O)NCCc1ccccc1. The van der Waals surface area contributed by atoms with Crippen LogP contribution in [-0.4, -0.2) is 43.3 Å². The molecule has 0 heterocycles. The smallest absolute Gasteiger partial charge is 0.261 e. The molecule has 182 valence electrons. The van der Waals surface area contributed by atoms with Crippen molar-refractivity contribution >= 4 is 34.8 Å². The van der Waals surface area contributed by atoms with Crippen LogP contribution in [0.15, 0.2) is 78.9 Å². The summed E-state index contributed by atoms with van der Waals surface area (Å²) in [7, 11) is 0. The van der Waals surface area contributed by atoms with Gasteiger partial charge in [0.15, 0.2) is 5.11 Å². The van der Waals surface area contributed by atoms with E-state index in [2.05, 4.69) is 16.0 Å². The molecular formula is C27H29N3O4S. The molecule has 0 bridgehead atoms. The van der Waals surface area contributed by atoms with Gasteiger partial charge in [0.2, 0.25) is 0 Å². The average molecular weight is 492 g/mol. The highest BCUT2D eigenvalue weighted by Crippen LogP contribution is 2.19. The first kappa shape index (κ1) is 25.9. The monoisotopic (exact) mass is 491 g/mol. The van der Waals surface area contributed by atoms with Gasteiger partial charge in [-0.25, -0.2) is 0 Å². The number of anilines is 1. The normalized spacial score (nSPS) is 10.3. The lowest BCUT2D eigenvalue weighted by Crippen LogP contribution is -2.35. The van der Waals surface area contributed by atoms with Crippen LogP contribution in [0.3, 0.4) is 0 Å². The summed E-state index contributed by atoms with van der Waals surface area (Å²) in [6.07, 6.45) is 0.725. The lowest BCUT2D eigenvalue weighted by Gasteiger charge is -2.15. The molecule has 0 saturated carbocycles. The van der Waals surface area contributed by atoms with E-state index in [0.717, 1.165) is 12.0 Å². The Morgan fingerprint density at radius 1 is 0.829 bits per heavy atom. The molecule has 3 aromatic carbocycles. The first-order valence-electron chi connectivity index (χ1n) is 11.4. The lowest BCUT2D eigenvalue weighted by atomic mass is 10.1. The highest BCUT2D eigenvalue weighted by molar-refractivity contribution is 7.80. The van der Waals surface area contributed by atoms with E-state index in [1.807, 2.05) is 37.3 Å². The summed E-state index contributed by atoms with van der Waals surface area (Å²) in [5, 5.41) is 8.61. The molecule has 0 atom stereocenters. The first-order valence-corrected chi connectivity index (χ1v) is 11.8. The molecule has 8 heteroatoms. The van der Waals surface area contributed by atoms with Crippen molar-refractivity contribution < 1.29 is 19.1 Å². The van der Waals surface area contributed by atoms with Gasteiger partial charge in [-0.1, -0.05) is 54.6 Å². The first-order chi connectivity index (χ1) is 17.1. The number of ether oxygens (including phenoxy) is 2. The molecule has 7 nitrogen and oxygen atoms in total. The molecule has 0 aliphatic rings. The number of amides is 2. The van der Waals surface area contributed by atoms with E-state index in [0.29, 0.717) is 48.9 Å². The van der Waals surface area contributed by atoms with Crippen LogP contribution in [0.2, 0.25) is 0 Å². The van der Waals surface area contributed by atoms with Crippen LogP contribution < -0.4 is 20.7 Å². The Labute approximate surface area is 210 Å². The molecule has 0 aliphatic carbocycles. The van der Waals surface area contributed by atoms with Gasteiger partial charge in [-0.15, -0.1) is 0 Å². The van der Waals surface area contributed by atoms with Crippen molar-refractivity contribution in [3.8, 4) is 5.75 Å². The Morgan fingerprint density at radius 3 is 2.29 bits per heavy atom. The summed E-state index contributed by atoms with van der Waals surface area (Å²) >= 11 is 5.34. The molecule has 3 rings (SSSR count). The minimum Gasteiger partial charge on any atom is -0.490 e. The maximum atomic E-state index is 12.8. The van der Waals surface area contributed by atoms with Crippen molar-refractivity contribution in [2.75, 3.05) is 31.7 Å². The zero-order chi connectivity index (χ0) is 24.9. The van der Waals surface area contributed by atoms with E-state index < -0.39 is 5.91 Å². The number of hydrogen-bond acceptors (Lipinski definition) is 5. The van der Waals surface area contributed by atoms with Gasteiger partial charge in [0, 0.05) is 13.2 Å². The van der Waals surface area contributed by atoms with Crippen molar-refractivity contribution in [1.29, 1.82) is 0 Å². The van der Waals surface area contributed by atoms with Crippen LogP contribution >= 0.6 is 12.2 Å². The van der Waals surface area contributed by atoms with Gasteiger partial charge in [0.25, 0.3) is 11.8 Å². The van der Waals surface area contributed by atoms with E-state index in [1.54, 1.807) is 48.5 Å². The van der Waals surface area contributed by atoms with E-state index in [4.69, 9.17) is 21.7 Å². The number of carbonyl (C=O) groups excluding carboxylic acids is 2. The van der Waals surface area contributed by atoms with Crippen molar-refractivity contribution in [3.63, 3.8) is 0 Å². The van der Waals surface area contributed by atoms with Crippen LogP contribution in [0.1, 0.15) is 33.2 Å². The Balaban J connectivity index is 1.58. The third kappa shape index (κ3) is 8.20. The molecule has 35 heavy (non-hydrogen) atoms. The van der Waals surface area contributed by atoms with Gasteiger partial charge in [-0.3, -0.25) is 14.9 Å². The predicted octanol–water partition coefficient (Wildman–Crippen LogP) is 4.20. The van der Waals surface area contributed by atoms with Crippen LogP contribution in [0.5, 0.6) is 5.75 Å². The molecule has 0 aliphatic heterocycles. The van der Waals surface area contributed by atoms with Crippen molar-refractivity contribution in [1.82, 2.24) is 10.6 Å². The topological polar surface area (TPSA) is 88.7 Å². The van der Waals surface area contributed by atoms with Crippen LogP contribution in [-0.2, 0) is 11.2 Å². The second-order valence-corrected chi connectivity index (χ2v) is 7.90. The molecule has 0 fully saturated rings. The standard InChI is InChI=1S/C27H29N3O4S/c1-2-33-18-19-34-24-15-9-7-13-22(24)26(32)30-27(35)29-23-14-8-6-12-21(23)25(31)28-17-16-20-10-4-3-5-11-20/h3-15H,2,16-19H2,1H3,(H,28,31)(H2,29,30,32,35). The summed E-state index contributed by atoms with van der Waals surface area (Å²) in [6.45, 7) is 3.75. The van der Waals surface area contributed by atoms with Gasteiger partial charge in [-0.2, -0.15) is 0 Å². The van der Waals surface area contributed by atoms with E-state index in [-0.39, 0.29) is 11.0 Å². The van der Waals surface area contributed by atoms with Crippen LogP contribution in [0, 0.1) is 0 Å². The second kappa shape index (κ2) is 13.8. The maximum Gasteiger partial charge on any atom is 0.261 e. The number of benzene rings is 3. The summed E-state index contributed by atoms with van der Waals surface area (Å²) in [5.74, 6) is -0.212. The summed E-state index contributed by atoms with van der Waals surface area (Å²) in [4.78, 5) is 25.6. The van der Waals surface area contributed by atoms with Gasteiger partial charge < -0.3 is 20.1 Å². The maximum absolute atomic E-state index is 12.8. The zero-order valence-corrected chi connectivity index (χ0v) is 20.4. The molecule has 0 saturated heterocycles. The minimum absolute atomic E-state index is 0.0728. The quantitative estimate of drug-likeness (QED) is 0.275. The number of nitrogens with one attached hydrogen (secondary N) is 3.